The van der Waals surface area contributed by atoms with Gasteiger partial charge in [0.1, 0.15) is 0 Å². The molecule has 0 saturated carbocycles. The lowest BCUT2D eigenvalue weighted by Gasteiger charge is -2.30. The molecule has 94 valence electrons. The second-order valence-corrected chi connectivity index (χ2v) is 6.65. The molecule has 2 heterocycles. The topological polar surface area (TPSA) is 20.3 Å². The van der Waals surface area contributed by atoms with Crippen LogP contribution in [0.25, 0.3) is 10.1 Å². The van der Waals surface area contributed by atoms with Gasteiger partial charge in [0.2, 0.25) is 0 Å². The van der Waals surface area contributed by atoms with Crippen LogP contribution in [-0.2, 0) is 0 Å². The van der Waals surface area contributed by atoms with E-state index in [2.05, 4.69) is 29.5 Å². The Morgan fingerprint density at radius 1 is 1.39 bits per heavy atom. The summed E-state index contributed by atoms with van der Waals surface area (Å²) in [6, 6.07) is 8.14. The predicted molar refractivity (Wildman–Crippen MR) is 79.9 cm³/mol. The number of hydrogen-bond donors (Lipinski definition) is 0. The van der Waals surface area contributed by atoms with Crippen molar-refractivity contribution in [2.24, 2.45) is 0 Å². The Labute approximate surface area is 115 Å². The van der Waals surface area contributed by atoms with E-state index in [4.69, 9.17) is 0 Å². The van der Waals surface area contributed by atoms with Crippen molar-refractivity contribution in [3.63, 3.8) is 0 Å². The number of carbonyl (C=O) groups excluding carboxylic acids is 1. The monoisotopic (exact) mass is 277 g/mol. The van der Waals surface area contributed by atoms with Gasteiger partial charge in [0.05, 0.1) is 6.04 Å². The van der Waals surface area contributed by atoms with Gasteiger partial charge in [0, 0.05) is 28.3 Å². The SMILES string of the molecule is CN1CCSCC1C(=O)c1cccc2ccsc12. The lowest BCUT2D eigenvalue weighted by Crippen LogP contribution is -2.44. The molecule has 1 fully saturated rings. The average Bonchev–Trinajstić information content (AvgIpc) is 2.86. The predicted octanol–water partition coefficient (Wildman–Crippen LogP) is 3.13. The highest BCUT2D eigenvalue weighted by Crippen LogP contribution is 2.27. The van der Waals surface area contributed by atoms with Crippen molar-refractivity contribution in [3.8, 4) is 0 Å². The lowest BCUT2D eigenvalue weighted by atomic mass is 10.0. The van der Waals surface area contributed by atoms with Crippen LogP contribution in [0.4, 0.5) is 0 Å². The highest BCUT2D eigenvalue weighted by molar-refractivity contribution is 7.99. The third-order valence-electron chi connectivity index (χ3n) is 3.44. The zero-order chi connectivity index (χ0) is 12.5. The molecule has 18 heavy (non-hydrogen) atoms. The van der Waals surface area contributed by atoms with Gasteiger partial charge in [-0.3, -0.25) is 9.69 Å². The summed E-state index contributed by atoms with van der Waals surface area (Å²) in [7, 11) is 2.05. The van der Waals surface area contributed by atoms with Gasteiger partial charge < -0.3 is 0 Å². The standard InChI is InChI=1S/C14H15NOS2/c1-15-6-8-17-9-12(15)13(16)11-4-2-3-10-5-7-18-14(10)11/h2-5,7,12H,6,8-9H2,1H3. The molecule has 1 aromatic carbocycles. The maximum Gasteiger partial charge on any atom is 0.182 e. The van der Waals surface area contributed by atoms with Crippen LogP contribution in [-0.4, -0.2) is 41.8 Å². The third kappa shape index (κ3) is 2.09. The van der Waals surface area contributed by atoms with Gasteiger partial charge in [0.15, 0.2) is 5.78 Å². The first kappa shape index (κ1) is 12.2. The van der Waals surface area contributed by atoms with Crippen molar-refractivity contribution in [1.82, 2.24) is 4.90 Å². The summed E-state index contributed by atoms with van der Waals surface area (Å²) in [5.74, 6) is 2.32. The van der Waals surface area contributed by atoms with Crippen molar-refractivity contribution in [2.75, 3.05) is 25.1 Å². The van der Waals surface area contributed by atoms with E-state index in [9.17, 15) is 4.79 Å². The fourth-order valence-electron chi connectivity index (χ4n) is 2.33. The number of nitrogens with zero attached hydrogens (tertiary/aromatic N) is 1. The largest absolute Gasteiger partial charge is 0.295 e. The number of Topliss-reactive ketones (excluding diaryl/α,β-unsaturated/α-hetero) is 1. The quantitative estimate of drug-likeness (QED) is 0.787. The molecule has 2 nitrogen and oxygen atoms in total. The van der Waals surface area contributed by atoms with Gasteiger partial charge in [-0.2, -0.15) is 11.8 Å². The lowest BCUT2D eigenvalue weighted by molar-refractivity contribution is 0.0876. The molecule has 1 aliphatic heterocycles. The number of hydrogen-bond acceptors (Lipinski definition) is 4. The minimum absolute atomic E-state index is 0.0384. The molecule has 1 aliphatic rings. The van der Waals surface area contributed by atoms with E-state index in [0.29, 0.717) is 0 Å². The van der Waals surface area contributed by atoms with Gasteiger partial charge in [0.25, 0.3) is 0 Å². The third-order valence-corrected chi connectivity index (χ3v) is 5.43. The molecule has 1 atom stereocenters. The Hall–Kier alpha value is -0.840. The molecule has 0 radical (unpaired) electrons. The second-order valence-electron chi connectivity index (χ2n) is 4.58. The maximum atomic E-state index is 12.7. The Morgan fingerprint density at radius 2 is 2.28 bits per heavy atom. The van der Waals surface area contributed by atoms with Crippen LogP contribution in [0, 0.1) is 0 Å². The van der Waals surface area contributed by atoms with Crippen LogP contribution in [0.3, 0.4) is 0 Å². The van der Waals surface area contributed by atoms with E-state index in [-0.39, 0.29) is 11.8 Å². The summed E-state index contributed by atoms with van der Waals surface area (Å²) < 4.78 is 1.13. The van der Waals surface area contributed by atoms with Crippen LogP contribution in [0.2, 0.25) is 0 Å². The zero-order valence-corrected chi connectivity index (χ0v) is 11.9. The zero-order valence-electron chi connectivity index (χ0n) is 10.3. The smallest absolute Gasteiger partial charge is 0.182 e. The minimum atomic E-state index is 0.0384. The van der Waals surface area contributed by atoms with Crippen LogP contribution < -0.4 is 0 Å². The molecule has 0 spiro atoms. The van der Waals surface area contributed by atoms with E-state index in [1.54, 1.807) is 11.3 Å². The van der Waals surface area contributed by atoms with Crippen molar-refractivity contribution < 1.29 is 4.79 Å². The summed E-state index contributed by atoms with van der Waals surface area (Å²) >= 11 is 3.54. The van der Waals surface area contributed by atoms with Gasteiger partial charge in [-0.15, -0.1) is 11.3 Å². The number of thiophene rings is 1. The number of likely N-dealkylation sites (N-methyl/N-ethyl adjacent to an activating group) is 1. The van der Waals surface area contributed by atoms with Crippen LogP contribution in [0.1, 0.15) is 10.4 Å². The Bertz CT molecular complexity index is 578. The first-order valence-corrected chi connectivity index (χ1v) is 8.09. The molecular weight excluding hydrogens is 262 g/mol. The van der Waals surface area contributed by atoms with Gasteiger partial charge in [-0.05, 0) is 29.9 Å². The highest BCUT2D eigenvalue weighted by Gasteiger charge is 2.28. The van der Waals surface area contributed by atoms with Gasteiger partial charge >= 0.3 is 0 Å². The molecule has 4 heteroatoms. The van der Waals surface area contributed by atoms with E-state index >= 15 is 0 Å². The van der Waals surface area contributed by atoms with Crippen molar-refractivity contribution >= 4 is 39.0 Å². The van der Waals surface area contributed by atoms with Crippen LogP contribution >= 0.6 is 23.1 Å². The van der Waals surface area contributed by atoms with Crippen LogP contribution in [0.5, 0.6) is 0 Å². The van der Waals surface area contributed by atoms with Crippen molar-refractivity contribution in [1.29, 1.82) is 0 Å². The molecule has 0 N–H and O–H groups in total. The average molecular weight is 277 g/mol. The Kier molecular flexibility index (Phi) is 3.41. The van der Waals surface area contributed by atoms with E-state index in [1.165, 1.54) is 5.39 Å². The fraction of sp³-hybridized carbons (Fsp3) is 0.357. The summed E-state index contributed by atoms with van der Waals surface area (Å²) in [5, 5.41) is 3.23. The van der Waals surface area contributed by atoms with E-state index < -0.39 is 0 Å². The summed E-state index contributed by atoms with van der Waals surface area (Å²) in [6.07, 6.45) is 0. The molecule has 1 aromatic heterocycles. The Balaban J connectivity index is 1.98. The summed E-state index contributed by atoms with van der Waals surface area (Å²) in [5.41, 5.74) is 0.891. The normalized spacial score (nSPS) is 21.3. The molecule has 1 unspecified atom stereocenters. The fourth-order valence-corrected chi connectivity index (χ4v) is 4.46. The van der Waals surface area contributed by atoms with Gasteiger partial charge in [-0.1, -0.05) is 12.1 Å². The van der Waals surface area contributed by atoms with E-state index in [1.807, 2.05) is 23.9 Å². The summed E-state index contributed by atoms with van der Waals surface area (Å²) in [6.45, 7) is 1.00. The first-order chi connectivity index (χ1) is 8.77. The number of ketones is 1. The highest BCUT2D eigenvalue weighted by atomic mass is 32.2. The maximum absolute atomic E-state index is 12.7. The first-order valence-electron chi connectivity index (χ1n) is 6.06. The van der Waals surface area contributed by atoms with E-state index in [0.717, 1.165) is 28.3 Å². The molecule has 0 aliphatic carbocycles. The number of carbonyl (C=O) groups is 1. The second kappa shape index (κ2) is 5.03. The number of fused-ring (bicyclic) bond motifs is 1. The molecule has 3 rings (SSSR count). The molecule has 0 amide bonds. The molecule has 2 aromatic rings. The summed E-state index contributed by atoms with van der Waals surface area (Å²) in [4.78, 5) is 14.9. The number of rotatable bonds is 2. The Morgan fingerprint density at radius 3 is 3.11 bits per heavy atom. The minimum Gasteiger partial charge on any atom is -0.295 e. The number of benzene rings is 1. The van der Waals surface area contributed by atoms with Crippen LogP contribution in [0.15, 0.2) is 29.6 Å². The molecular formula is C14H15NOS2. The van der Waals surface area contributed by atoms with Crippen molar-refractivity contribution in [3.05, 3.63) is 35.2 Å². The molecule has 0 bridgehead atoms. The molecule has 1 saturated heterocycles. The van der Waals surface area contributed by atoms with Gasteiger partial charge in [-0.25, -0.2) is 0 Å². The number of thioether (sulfide) groups is 1. The van der Waals surface area contributed by atoms with Crippen molar-refractivity contribution in [2.45, 2.75) is 6.04 Å².